The number of nitrogens with zero attached hydrogens (tertiary/aromatic N) is 1. The molecule has 0 saturated carbocycles. The molecule has 3 aromatic rings. The number of nitrogens with one attached hydrogen (secondary N) is 1. The number of aromatic amines is 1. The Morgan fingerprint density at radius 3 is 2.50 bits per heavy atom. The van der Waals surface area contributed by atoms with Gasteiger partial charge >= 0.3 is 0 Å². The lowest BCUT2D eigenvalue weighted by Gasteiger charge is -2.02. The van der Waals surface area contributed by atoms with Crippen molar-refractivity contribution in [3.05, 3.63) is 58.8 Å². The highest BCUT2D eigenvalue weighted by molar-refractivity contribution is 7.73. The summed E-state index contributed by atoms with van der Waals surface area (Å²) in [5, 5.41) is 0. The number of rotatable bonds is 2. The number of hydrogen-bond acceptors (Lipinski definition) is 3. The first-order valence-corrected chi connectivity index (χ1v) is 6.76. The molecule has 0 saturated heterocycles. The molecule has 0 unspecified atom stereocenters. The Hall–Kier alpha value is -1.78. The van der Waals surface area contributed by atoms with E-state index in [2.05, 4.69) is 22.1 Å². The molecule has 2 heterocycles. The minimum Gasteiger partial charge on any atom is -0.336 e. The van der Waals surface area contributed by atoms with Gasteiger partial charge in [0.1, 0.15) is 0 Å². The van der Waals surface area contributed by atoms with E-state index in [0.717, 1.165) is 20.1 Å². The summed E-state index contributed by atoms with van der Waals surface area (Å²) >= 11 is 6.86. The number of thiazole rings is 1. The minimum atomic E-state index is 0.785. The number of pyridine rings is 1. The Kier molecular flexibility index (Phi) is 3.04. The summed E-state index contributed by atoms with van der Waals surface area (Å²) in [4.78, 5) is 8.57. The third-order valence-electron chi connectivity index (χ3n) is 2.64. The molecule has 0 spiro atoms. The minimum absolute atomic E-state index is 0.785. The molecule has 2 aromatic heterocycles. The predicted octanol–water partition coefficient (Wildman–Crippen LogP) is 4.53. The zero-order valence-electron chi connectivity index (χ0n) is 9.46. The van der Waals surface area contributed by atoms with Gasteiger partial charge in [0.2, 0.25) is 0 Å². The summed E-state index contributed by atoms with van der Waals surface area (Å²) in [7, 11) is 0. The van der Waals surface area contributed by atoms with Gasteiger partial charge in [0.05, 0.1) is 10.6 Å². The van der Waals surface area contributed by atoms with Crippen LogP contribution in [-0.4, -0.2) is 9.97 Å². The monoisotopic (exact) mass is 270 g/mol. The van der Waals surface area contributed by atoms with Gasteiger partial charge in [-0.1, -0.05) is 30.3 Å². The van der Waals surface area contributed by atoms with Crippen LogP contribution in [0.25, 0.3) is 21.7 Å². The Balaban J connectivity index is 2.21. The van der Waals surface area contributed by atoms with Crippen LogP contribution in [0.4, 0.5) is 0 Å². The smallest absolute Gasteiger partial charge is 0.159 e. The maximum Gasteiger partial charge on any atom is 0.159 e. The molecule has 1 N–H and O–H groups in total. The maximum atomic E-state index is 5.26. The van der Waals surface area contributed by atoms with Crippen LogP contribution in [0.5, 0.6) is 0 Å². The summed E-state index contributed by atoms with van der Waals surface area (Å²) in [5.74, 6) is 0. The molecule has 0 fully saturated rings. The van der Waals surface area contributed by atoms with E-state index in [4.69, 9.17) is 12.2 Å². The third kappa shape index (κ3) is 2.12. The topological polar surface area (TPSA) is 28.7 Å². The van der Waals surface area contributed by atoms with Gasteiger partial charge in [-0.3, -0.25) is 4.98 Å². The average Bonchev–Trinajstić information content (AvgIpc) is 2.83. The Labute approximate surface area is 114 Å². The van der Waals surface area contributed by atoms with Gasteiger partial charge in [-0.25, -0.2) is 0 Å². The van der Waals surface area contributed by atoms with Crippen molar-refractivity contribution in [1.82, 2.24) is 9.97 Å². The van der Waals surface area contributed by atoms with Crippen LogP contribution >= 0.6 is 23.6 Å². The predicted molar refractivity (Wildman–Crippen MR) is 78.2 cm³/mol. The van der Waals surface area contributed by atoms with E-state index < -0.39 is 0 Å². The summed E-state index contributed by atoms with van der Waals surface area (Å²) < 4.78 is 0.785. The van der Waals surface area contributed by atoms with Crippen molar-refractivity contribution < 1.29 is 0 Å². The summed E-state index contributed by atoms with van der Waals surface area (Å²) in [5.41, 5.74) is 3.28. The highest BCUT2D eigenvalue weighted by Gasteiger charge is 2.10. The molecule has 0 amide bonds. The van der Waals surface area contributed by atoms with Gasteiger partial charge < -0.3 is 4.98 Å². The fourth-order valence-electron chi connectivity index (χ4n) is 1.83. The second-order valence-corrected chi connectivity index (χ2v) is 5.51. The van der Waals surface area contributed by atoms with Crippen LogP contribution in [0.2, 0.25) is 0 Å². The maximum absolute atomic E-state index is 5.26. The fraction of sp³-hybridized carbons (Fsp3) is 0. The lowest BCUT2D eigenvalue weighted by atomic mass is 10.1. The van der Waals surface area contributed by atoms with Gasteiger partial charge in [-0.15, -0.1) is 11.3 Å². The molecule has 0 bridgehead atoms. The summed E-state index contributed by atoms with van der Waals surface area (Å²) in [6, 6.07) is 14.2. The van der Waals surface area contributed by atoms with Crippen molar-refractivity contribution in [1.29, 1.82) is 0 Å². The largest absolute Gasteiger partial charge is 0.336 e. The number of hydrogen-bond donors (Lipinski definition) is 1. The molecular formula is C14H10N2S2. The van der Waals surface area contributed by atoms with E-state index >= 15 is 0 Å². The van der Waals surface area contributed by atoms with Crippen molar-refractivity contribution >= 4 is 23.6 Å². The first kappa shape index (κ1) is 11.3. The highest BCUT2D eigenvalue weighted by Crippen LogP contribution is 2.34. The highest BCUT2D eigenvalue weighted by atomic mass is 32.1. The molecule has 0 radical (unpaired) electrons. The first-order valence-electron chi connectivity index (χ1n) is 5.53. The van der Waals surface area contributed by atoms with E-state index in [1.54, 1.807) is 17.5 Å². The van der Waals surface area contributed by atoms with Crippen LogP contribution < -0.4 is 0 Å². The zero-order valence-corrected chi connectivity index (χ0v) is 11.1. The summed E-state index contributed by atoms with van der Waals surface area (Å²) in [6.07, 6.45) is 3.62. The van der Waals surface area contributed by atoms with Gasteiger partial charge in [-0.05, 0) is 29.9 Å². The standard InChI is InChI=1S/C14H10N2S2/c17-14-16-12(11-7-4-8-15-9-11)13(18-14)10-5-2-1-3-6-10/h1-9H,(H,16,17). The van der Waals surface area contributed by atoms with Crippen molar-refractivity contribution in [3.63, 3.8) is 0 Å². The van der Waals surface area contributed by atoms with Crippen LogP contribution in [0.1, 0.15) is 0 Å². The Morgan fingerprint density at radius 2 is 1.78 bits per heavy atom. The second-order valence-electron chi connectivity index (χ2n) is 3.83. The van der Waals surface area contributed by atoms with E-state index in [1.165, 1.54) is 5.56 Å². The second kappa shape index (κ2) is 4.84. The normalized spacial score (nSPS) is 10.4. The molecule has 2 nitrogen and oxygen atoms in total. The molecule has 4 heteroatoms. The molecule has 0 aliphatic carbocycles. The first-order chi connectivity index (χ1) is 8.84. The van der Waals surface area contributed by atoms with Gasteiger partial charge in [0.15, 0.2) is 3.95 Å². The van der Waals surface area contributed by atoms with E-state index in [1.807, 2.05) is 36.5 Å². The van der Waals surface area contributed by atoms with Gasteiger partial charge in [-0.2, -0.15) is 0 Å². The molecular weight excluding hydrogens is 260 g/mol. The lowest BCUT2D eigenvalue weighted by Crippen LogP contribution is -1.82. The molecule has 1 aromatic carbocycles. The number of benzene rings is 1. The third-order valence-corrected chi connectivity index (χ3v) is 3.92. The van der Waals surface area contributed by atoms with Crippen LogP contribution in [-0.2, 0) is 0 Å². The average molecular weight is 270 g/mol. The number of aromatic nitrogens is 2. The molecule has 0 atom stereocenters. The zero-order chi connectivity index (χ0) is 12.4. The fourth-order valence-corrected chi connectivity index (χ4v) is 3.05. The Morgan fingerprint density at radius 1 is 1.00 bits per heavy atom. The van der Waals surface area contributed by atoms with Crippen molar-refractivity contribution in [2.45, 2.75) is 0 Å². The molecule has 3 rings (SSSR count). The number of H-pyrrole nitrogens is 1. The lowest BCUT2D eigenvalue weighted by molar-refractivity contribution is 1.30. The summed E-state index contributed by atoms with van der Waals surface area (Å²) in [6.45, 7) is 0. The van der Waals surface area contributed by atoms with Crippen LogP contribution in [0, 0.1) is 3.95 Å². The molecule has 18 heavy (non-hydrogen) atoms. The van der Waals surface area contributed by atoms with Crippen LogP contribution in [0.3, 0.4) is 0 Å². The molecule has 88 valence electrons. The van der Waals surface area contributed by atoms with Crippen molar-refractivity contribution in [2.75, 3.05) is 0 Å². The van der Waals surface area contributed by atoms with E-state index in [0.29, 0.717) is 0 Å². The van der Waals surface area contributed by atoms with Crippen LogP contribution in [0.15, 0.2) is 54.9 Å². The molecule has 0 aliphatic rings. The van der Waals surface area contributed by atoms with Crippen molar-refractivity contribution in [3.8, 4) is 21.7 Å². The van der Waals surface area contributed by atoms with E-state index in [-0.39, 0.29) is 0 Å². The SMILES string of the molecule is S=c1[nH]c(-c2cccnc2)c(-c2ccccc2)s1. The quantitative estimate of drug-likeness (QED) is 0.693. The van der Waals surface area contributed by atoms with Crippen molar-refractivity contribution in [2.24, 2.45) is 0 Å². The van der Waals surface area contributed by atoms with Gasteiger partial charge in [0.25, 0.3) is 0 Å². The van der Waals surface area contributed by atoms with Gasteiger partial charge in [0, 0.05) is 18.0 Å². The Bertz CT molecular complexity index is 639. The van der Waals surface area contributed by atoms with E-state index in [9.17, 15) is 0 Å². The molecule has 0 aliphatic heterocycles.